The molecule has 0 saturated carbocycles. The number of hydrogen-bond acceptors (Lipinski definition) is 8. The number of carbonyl (C=O) groups is 4. The fraction of sp³-hybridized carbons (Fsp3) is 0.211. The predicted octanol–water partition coefficient (Wildman–Crippen LogP) is 5.13. The third kappa shape index (κ3) is 9.21. The van der Waals surface area contributed by atoms with Crippen molar-refractivity contribution < 1.29 is 33.1 Å². The van der Waals surface area contributed by atoms with Crippen LogP contribution in [0.1, 0.15) is 93.4 Å². The van der Waals surface area contributed by atoms with Crippen LogP contribution in [0.2, 0.25) is 0 Å². The fourth-order valence-electron chi connectivity index (χ4n) is 5.60. The molecule has 0 spiro atoms. The van der Waals surface area contributed by atoms with Crippen LogP contribution in [-0.2, 0) is 19.5 Å². The van der Waals surface area contributed by atoms with Gasteiger partial charge in [-0.3, -0.25) is 14.4 Å². The molecule has 4 N–H and O–H groups in total. The molecule has 0 radical (unpaired) electrons. The normalized spacial score (nSPS) is 12.9. The number of amides is 3. The Bertz CT molecular complexity index is 2160. The number of carboxylic acid groups (broad SMARTS) is 1. The van der Waals surface area contributed by atoms with Crippen molar-refractivity contribution in [1.82, 2.24) is 35.9 Å². The van der Waals surface area contributed by atoms with Gasteiger partial charge >= 0.3 is 5.97 Å². The van der Waals surface area contributed by atoms with Crippen LogP contribution in [0.4, 0.5) is 8.78 Å². The van der Waals surface area contributed by atoms with Gasteiger partial charge in [0.1, 0.15) is 41.4 Å². The largest absolute Gasteiger partial charge is 0.477 e. The lowest BCUT2D eigenvalue weighted by atomic mass is 10.0. The van der Waals surface area contributed by atoms with E-state index in [1.165, 1.54) is 35.7 Å². The SMILES string of the molecule is Cc1cc(CNC(=O)c2cc(C(=O)NC3CCc4c(C)cccc43)ncn2)ccc1F.Cc1cc(CNC(=O)c2cc(C(=O)O)ncn2)ccc1F. The number of nitrogens with zero attached hydrogens (tertiary/aromatic N) is 4. The summed E-state index contributed by atoms with van der Waals surface area (Å²) in [4.78, 5) is 63.1. The first-order valence-corrected chi connectivity index (χ1v) is 16.2. The molecule has 5 aromatic rings. The molecule has 14 heteroatoms. The van der Waals surface area contributed by atoms with E-state index in [9.17, 15) is 28.0 Å². The van der Waals surface area contributed by atoms with Gasteiger partial charge in [-0.15, -0.1) is 0 Å². The minimum atomic E-state index is -1.24. The molecule has 0 saturated heterocycles. The van der Waals surface area contributed by atoms with Crippen molar-refractivity contribution in [3.8, 4) is 0 Å². The minimum absolute atomic E-state index is 0.0405. The average Bonchev–Trinajstić information content (AvgIpc) is 3.56. The van der Waals surface area contributed by atoms with Crippen LogP contribution < -0.4 is 16.0 Å². The molecule has 1 aliphatic carbocycles. The molecule has 0 fully saturated rings. The van der Waals surface area contributed by atoms with Gasteiger partial charge in [0.05, 0.1) is 6.04 Å². The first kappa shape index (κ1) is 36.8. The van der Waals surface area contributed by atoms with Gasteiger partial charge in [0.2, 0.25) is 0 Å². The number of fused-ring (bicyclic) bond motifs is 1. The second-order valence-electron chi connectivity index (χ2n) is 12.1. The summed E-state index contributed by atoms with van der Waals surface area (Å²) < 4.78 is 26.5. The molecule has 1 atom stereocenters. The summed E-state index contributed by atoms with van der Waals surface area (Å²) in [6, 6.07) is 17.7. The molecule has 0 bridgehead atoms. The number of benzene rings is 3. The van der Waals surface area contributed by atoms with Gasteiger partial charge in [0.15, 0.2) is 5.69 Å². The Hall–Kier alpha value is -6.44. The van der Waals surface area contributed by atoms with Crippen LogP contribution in [0, 0.1) is 32.4 Å². The average molecular weight is 708 g/mol. The molecule has 2 heterocycles. The van der Waals surface area contributed by atoms with Gasteiger partial charge in [0, 0.05) is 25.2 Å². The molecule has 2 aromatic heterocycles. The summed E-state index contributed by atoms with van der Waals surface area (Å²) >= 11 is 0. The van der Waals surface area contributed by atoms with Crippen molar-refractivity contribution in [1.29, 1.82) is 0 Å². The maximum absolute atomic E-state index is 13.4. The molecular formula is C38H35F2N7O5. The number of carbonyl (C=O) groups excluding carboxylic acids is 3. The van der Waals surface area contributed by atoms with E-state index in [4.69, 9.17) is 5.11 Å². The second-order valence-corrected chi connectivity index (χ2v) is 12.1. The van der Waals surface area contributed by atoms with Crippen molar-refractivity contribution in [2.75, 3.05) is 0 Å². The number of aromatic carboxylic acids is 1. The van der Waals surface area contributed by atoms with Crippen molar-refractivity contribution in [2.45, 2.75) is 52.7 Å². The number of aryl methyl sites for hydroxylation is 3. The Morgan fingerprint density at radius 1 is 0.673 bits per heavy atom. The third-order valence-electron chi connectivity index (χ3n) is 8.41. The van der Waals surface area contributed by atoms with Gasteiger partial charge in [-0.1, -0.05) is 42.5 Å². The van der Waals surface area contributed by atoms with Gasteiger partial charge in [-0.05, 0) is 84.7 Å². The molecule has 266 valence electrons. The van der Waals surface area contributed by atoms with Crippen molar-refractivity contribution >= 4 is 23.7 Å². The lowest BCUT2D eigenvalue weighted by Gasteiger charge is -2.14. The molecule has 12 nitrogen and oxygen atoms in total. The van der Waals surface area contributed by atoms with E-state index in [1.54, 1.807) is 38.1 Å². The predicted molar refractivity (Wildman–Crippen MR) is 185 cm³/mol. The van der Waals surface area contributed by atoms with Crippen LogP contribution in [0.15, 0.2) is 79.4 Å². The highest BCUT2D eigenvalue weighted by molar-refractivity contribution is 5.97. The van der Waals surface area contributed by atoms with Crippen molar-refractivity contribution in [2.24, 2.45) is 0 Å². The quantitative estimate of drug-likeness (QED) is 0.162. The molecule has 1 aliphatic rings. The van der Waals surface area contributed by atoms with E-state index in [2.05, 4.69) is 48.9 Å². The monoisotopic (exact) mass is 707 g/mol. The Balaban J connectivity index is 0.000000217. The zero-order valence-electron chi connectivity index (χ0n) is 28.5. The topological polar surface area (TPSA) is 176 Å². The van der Waals surface area contributed by atoms with Gasteiger partial charge < -0.3 is 21.1 Å². The van der Waals surface area contributed by atoms with Crippen LogP contribution in [0.25, 0.3) is 0 Å². The highest BCUT2D eigenvalue weighted by atomic mass is 19.1. The van der Waals surface area contributed by atoms with Crippen LogP contribution in [-0.4, -0.2) is 48.7 Å². The number of halogens is 2. The van der Waals surface area contributed by atoms with E-state index in [1.807, 2.05) is 12.1 Å². The summed E-state index contributed by atoms with van der Waals surface area (Å²) in [7, 11) is 0. The summed E-state index contributed by atoms with van der Waals surface area (Å²) in [5, 5.41) is 17.1. The summed E-state index contributed by atoms with van der Waals surface area (Å²) in [6.07, 6.45) is 3.98. The van der Waals surface area contributed by atoms with Crippen LogP contribution in [0.3, 0.4) is 0 Å². The maximum atomic E-state index is 13.4. The molecule has 1 unspecified atom stereocenters. The minimum Gasteiger partial charge on any atom is -0.477 e. The highest BCUT2D eigenvalue weighted by Crippen LogP contribution is 2.33. The molecule has 6 rings (SSSR count). The Kier molecular flexibility index (Phi) is 11.7. The van der Waals surface area contributed by atoms with Crippen molar-refractivity contribution in [3.63, 3.8) is 0 Å². The number of nitrogens with one attached hydrogen (secondary N) is 3. The van der Waals surface area contributed by atoms with Gasteiger partial charge in [-0.2, -0.15) is 0 Å². The fourth-order valence-corrected chi connectivity index (χ4v) is 5.60. The lowest BCUT2D eigenvalue weighted by molar-refractivity contribution is 0.0689. The standard InChI is InChI=1S/C24H23FN4O2.C14H12FN3O3/c1-14-4-3-5-18-17(14)7-9-20(18)29-24(31)22-11-21(27-13-28-22)23(30)26-12-16-6-8-19(25)15(2)10-16;1-8-4-9(2-3-10(8)15)6-16-13(19)11-5-12(14(20)21)18-7-17-11/h3-6,8,10-11,13,20H,7,9,12H2,1-2H3,(H,26,30)(H,29,31);2-5,7H,6H2,1H3,(H,16,19)(H,20,21). The number of aromatic nitrogens is 4. The van der Waals surface area contributed by atoms with E-state index >= 15 is 0 Å². The highest BCUT2D eigenvalue weighted by Gasteiger charge is 2.26. The van der Waals surface area contributed by atoms with E-state index < -0.39 is 17.8 Å². The smallest absolute Gasteiger partial charge is 0.354 e. The molecule has 0 aliphatic heterocycles. The van der Waals surface area contributed by atoms with Gasteiger partial charge in [0.25, 0.3) is 17.7 Å². The number of hydrogen-bond donors (Lipinski definition) is 4. The molecule has 3 aromatic carbocycles. The van der Waals surface area contributed by atoms with E-state index in [-0.39, 0.29) is 59.4 Å². The molecule has 3 amide bonds. The summed E-state index contributed by atoms with van der Waals surface area (Å²) in [5.74, 6) is -3.14. The third-order valence-corrected chi connectivity index (χ3v) is 8.41. The first-order valence-electron chi connectivity index (χ1n) is 16.2. The zero-order chi connectivity index (χ0) is 37.4. The zero-order valence-corrected chi connectivity index (χ0v) is 28.5. The Morgan fingerprint density at radius 2 is 1.17 bits per heavy atom. The summed E-state index contributed by atoms with van der Waals surface area (Å²) in [6.45, 7) is 5.78. The Labute approximate surface area is 297 Å². The van der Waals surface area contributed by atoms with Gasteiger partial charge in [-0.25, -0.2) is 33.5 Å². The molecule has 52 heavy (non-hydrogen) atoms. The number of carboxylic acids is 1. The van der Waals surface area contributed by atoms with Crippen LogP contribution >= 0.6 is 0 Å². The lowest BCUT2D eigenvalue weighted by Crippen LogP contribution is -2.29. The number of rotatable bonds is 9. The summed E-state index contributed by atoms with van der Waals surface area (Å²) in [5.41, 5.74) is 6.08. The Morgan fingerprint density at radius 3 is 1.69 bits per heavy atom. The maximum Gasteiger partial charge on any atom is 0.354 e. The first-order chi connectivity index (χ1) is 24.9. The second kappa shape index (κ2) is 16.5. The van der Waals surface area contributed by atoms with Crippen LogP contribution in [0.5, 0.6) is 0 Å². The van der Waals surface area contributed by atoms with E-state index in [0.717, 1.165) is 41.9 Å². The van der Waals surface area contributed by atoms with Crippen molar-refractivity contribution in [3.05, 3.63) is 153 Å². The van der Waals surface area contributed by atoms with E-state index in [0.29, 0.717) is 11.1 Å². The molecular weight excluding hydrogens is 672 g/mol.